The number of benzene rings is 1. The predicted molar refractivity (Wildman–Crippen MR) is 70.0 cm³/mol. The van der Waals surface area contributed by atoms with Crippen molar-refractivity contribution in [3.8, 4) is 5.75 Å². The Balaban J connectivity index is 2.65. The van der Waals surface area contributed by atoms with Crippen molar-refractivity contribution in [1.29, 1.82) is 0 Å². The minimum atomic E-state index is -0.450. The molecule has 1 aromatic carbocycles. The van der Waals surface area contributed by atoms with Crippen LogP contribution in [-0.4, -0.2) is 19.7 Å². The minimum Gasteiger partial charge on any atom is -0.486 e. The molecule has 0 amide bonds. The van der Waals surface area contributed by atoms with Crippen LogP contribution in [0.5, 0.6) is 5.75 Å². The smallest absolute Gasteiger partial charge is 0.333 e. The highest BCUT2D eigenvalue weighted by Crippen LogP contribution is 2.21. The molecule has 0 unspecified atom stereocenters. The van der Waals surface area contributed by atoms with Gasteiger partial charge in [0, 0.05) is 10.0 Å². The lowest BCUT2D eigenvalue weighted by Gasteiger charge is -2.06. The fraction of sp³-hybridized carbons (Fsp3) is 0.308. The van der Waals surface area contributed by atoms with Gasteiger partial charge in [-0.1, -0.05) is 22.9 Å². The van der Waals surface area contributed by atoms with Gasteiger partial charge in [-0.2, -0.15) is 0 Å². The summed E-state index contributed by atoms with van der Waals surface area (Å²) in [6.07, 6.45) is 2.13. The van der Waals surface area contributed by atoms with E-state index in [2.05, 4.69) is 20.7 Å². The molecule has 0 aliphatic carbocycles. The maximum absolute atomic E-state index is 13.4. The van der Waals surface area contributed by atoms with Crippen molar-refractivity contribution in [3.05, 3.63) is 40.1 Å². The van der Waals surface area contributed by atoms with Crippen LogP contribution < -0.4 is 4.74 Å². The third kappa shape index (κ3) is 4.14. The van der Waals surface area contributed by atoms with Crippen molar-refractivity contribution < 1.29 is 18.7 Å². The van der Waals surface area contributed by atoms with Gasteiger partial charge in [-0.15, -0.1) is 0 Å². The molecule has 1 aromatic rings. The summed E-state index contributed by atoms with van der Waals surface area (Å²) in [4.78, 5) is 11.3. The van der Waals surface area contributed by atoms with E-state index in [1.54, 1.807) is 12.1 Å². The van der Waals surface area contributed by atoms with Crippen LogP contribution in [0.3, 0.4) is 0 Å². The van der Waals surface area contributed by atoms with Crippen LogP contribution in [0.4, 0.5) is 4.39 Å². The van der Waals surface area contributed by atoms with E-state index in [4.69, 9.17) is 4.74 Å². The van der Waals surface area contributed by atoms with Gasteiger partial charge in [0.2, 0.25) is 0 Å². The highest BCUT2D eigenvalue weighted by Gasteiger charge is 2.07. The molecule has 0 aliphatic rings. The van der Waals surface area contributed by atoms with Crippen LogP contribution in [0.1, 0.15) is 13.3 Å². The normalized spacial score (nSPS) is 11.2. The number of esters is 1. The summed E-state index contributed by atoms with van der Waals surface area (Å²) < 4.78 is 23.9. The lowest BCUT2D eigenvalue weighted by molar-refractivity contribution is -0.136. The molecule has 0 saturated heterocycles. The second-order valence-corrected chi connectivity index (χ2v) is 4.38. The summed E-state index contributed by atoms with van der Waals surface area (Å²) in [6, 6.07) is 4.53. The fourth-order valence-electron chi connectivity index (χ4n) is 1.33. The maximum Gasteiger partial charge on any atom is 0.333 e. The van der Waals surface area contributed by atoms with Crippen LogP contribution in [0.15, 0.2) is 34.3 Å². The quantitative estimate of drug-likeness (QED) is 0.616. The molecule has 5 heteroatoms. The Hall–Kier alpha value is -1.36. The molecule has 0 aromatic heterocycles. The standard InChI is InChI=1S/C13H14BrFO3/c1-3-9(13(16)17-2)6-7-18-12-5-4-10(14)8-11(12)15/h4-6,8H,3,7H2,1-2H3. The molecule has 0 atom stereocenters. The summed E-state index contributed by atoms with van der Waals surface area (Å²) >= 11 is 3.16. The number of methoxy groups -OCH3 is 1. The van der Waals surface area contributed by atoms with E-state index in [1.165, 1.54) is 19.2 Å². The van der Waals surface area contributed by atoms with Gasteiger partial charge < -0.3 is 9.47 Å². The topological polar surface area (TPSA) is 35.5 Å². The van der Waals surface area contributed by atoms with E-state index in [1.807, 2.05) is 6.92 Å². The summed E-state index contributed by atoms with van der Waals surface area (Å²) in [6.45, 7) is 1.96. The molecular weight excluding hydrogens is 303 g/mol. The average molecular weight is 317 g/mol. The van der Waals surface area contributed by atoms with Gasteiger partial charge in [0.1, 0.15) is 6.61 Å². The molecule has 18 heavy (non-hydrogen) atoms. The van der Waals surface area contributed by atoms with Crippen LogP contribution in [0.2, 0.25) is 0 Å². The predicted octanol–water partition coefficient (Wildman–Crippen LogP) is 3.48. The maximum atomic E-state index is 13.4. The Morgan fingerprint density at radius 3 is 2.78 bits per heavy atom. The Bertz CT molecular complexity index is 458. The average Bonchev–Trinajstić information content (AvgIpc) is 2.36. The van der Waals surface area contributed by atoms with Crippen LogP contribution in [0.25, 0.3) is 0 Å². The Morgan fingerprint density at radius 2 is 2.22 bits per heavy atom. The summed E-state index contributed by atoms with van der Waals surface area (Å²) in [5.74, 6) is -0.693. The molecule has 0 N–H and O–H groups in total. The molecular formula is C13H14BrFO3. The summed E-state index contributed by atoms with van der Waals surface area (Å²) in [5.41, 5.74) is 0.509. The van der Waals surface area contributed by atoms with Gasteiger partial charge in [0.15, 0.2) is 11.6 Å². The van der Waals surface area contributed by atoms with Gasteiger partial charge in [-0.25, -0.2) is 9.18 Å². The van der Waals surface area contributed by atoms with Crippen molar-refractivity contribution in [2.75, 3.05) is 13.7 Å². The second-order valence-electron chi connectivity index (χ2n) is 3.46. The zero-order valence-electron chi connectivity index (χ0n) is 10.2. The van der Waals surface area contributed by atoms with E-state index in [0.29, 0.717) is 16.5 Å². The van der Waals surface area contributed by atoms with Crippen molar-refractivity contribution in [1.82, 2.24) is 0 Å². The molecule has 0 bridgehead atoms. The Labute approximate surface area is 114 Å². The number of carbonyl (C=O) groups excluding carboxylic acids is 1. The van der Waals surface area contributed by atoms with Crippen LogP contribution >= 0.6 is 15.9 Å². The molecule has 0 heterocycles. The van der Waals surface area contributed by atoms with Gasteiger partial charge in [-0.3, -0.25) is 0 Å². The molecule has 0 fully saturated rings. The molecule has 0 saturated carbocycles. The molecule has 0 aliphatic heterocycles. The van der Waals surface area contributed by atoms with E-state index >= 15 is 0 Å². The lowest BCUT2D eigenvalue weighted by Crippen LogP contribution is -2.06. The first-order valence-corrected chi connectivity index (χ1v) is 6.23. The highest BCUT2D eigenvalue weighted by molar-refractivity contribution is 9.10. The lowest BCUT2D eigenvalue weighted by atomic mass is 10.2. The molecule has 1 rings (SSSR count). The first kappa shape index (κ1) is 14.7. The van der Waals surface area contributed by atoms with Crippen LogP contribution in [-0.2, 0) is 9.53 Å². The molecule has 98 valence electrons. The first-order valence-electron chi connectivity index (χ1n) is 5.43. The molecule has 0 radical (unpaired) electrons. The second kappa shape index (κ2) is 7.16. The number of hydrogen-bond donors (Lipinski definition) is 0. The zero-order valence-corrected chi connectivity index (χ0v) is 11.8. The minimum absolute atomic E-state index is 0.122. The van der Waals surface area contributed by atoms with E-state index in [-0.39, 0.29) is 12.4 Å². The number of rotatable bonds is 5. The van der Waals surface area contributed by atoms with E-state index in [9.17, 15) is 9.18 Å². The van der Waals surface area contributed by atoms with Crippen LogP contribution in [0, 0.1) is 5.82 Å². The van der Waals surface area contributed by atoms with E-state index in [0.717, 1.165) is 0 Å². The van der Waals surface area contributed by atoms with E-state index < -0.39 is 11.8 Å². The molecule has 3 nitrogen and oxygen atoms in total. The SMILES string of the molecule is CCC(=CCOc1ccc(Br)cc1F)C(=O)OC. The van der Waals surface area contributed by atoms with Crippen molar-refractivity contribution in [3.63, 3.8) is 0 Å². The van der Waals surface area contributed by atoms with Gasteiger partial charge in [0.25, 0.3) is 0 Å². The zero-order chi connectivity index (χ0) is 13.5. The Kier molecular flexibility index (Phi) is 5.85. The number of halogens is 2. The van der Waals surface area contributed by atoms with Crippen molar-refractivity contribution in [2.45, 2.75) is 13.3 Å². The number of ether oxygens (including phenoxy) is 2. The largest absolute Gasteiger partial charge is 0.486 e. The monoisotopic (exact) mass is 316 g/mol. The molecule has 0 spiro atoms. The number of carbonyl (C=O) groups is 1. The van der Waals surface area contributed by atoms with Gasteiger partial charge in [0.05, 0.1) is 7.11 Å². The van der Waals surface area contributed by atoms with Gasteiger partial charge >= 0.3 is 5.97 Å². The van der Waals surface area contributed by atoms with Crippen molar-refractivity contribution in [2.24, 2.45) is 0 Å². The Morgan fingerprint density at radius 1 is 1.50 bits per heavy atom. The highest BCUT2D eigenvalue weighted by atomic mass is 79.9. The van der Waals surface area contributed by atoms with Gasteiger partial charge in [-0.05, 0) is 30.7 Å². The van der Waals surface area contributed by atoms with Crippen molar-refractivity contribution >= 4 is 21.9 Å². The third-order valence-corrected chi connectivity index (χ3v) is 2.78. The fourth-order valence-corrected chi connectivity index (χ4v) is 1.66. The summed E-state index contributed by atoms with van der Waals surface area (Å²) in [7, 11) is 1.32. The number of hydrogen-bond acceptors (Lipinski definition) is 3. The first-order chi connectivity index (χ1) is 8.58. The summed E-state index contributed by atoms with van der Waals surface area (Å²) in [5, 5.41) is 0. The third-order valence-electron chi connectivity index (χ3n) is 2.29.